The van der Waals surface area contributed by atoms with Gasteiger partial charge in [-0.3, -0.25) is 5.32 Å². The van der Waals surface area contributed by atoms with Gasteiger partial charge < -0.3 is 9.88 Å². The van der Waals surface area contributed by atoms with Gasteiger partial charge in [0, 0.05) is 13.6 Å². The summed E-state index contributed by atoms with van der Waals surface area (Å²) in [5.41, 5.74) is 2.04. The van der Waals surface area contributed by atoms with Crippen LogP contribution in [0.15, 0.2) is 36.5 Å². The van der Waals surface area contributed by atoms with E-state index < -0.39 is 0 Å². The summed E-state index contributed by atoms with van der Waals surface area (Å²) in [7, 11) is 1.89. The van der Waals surface area contributed by atoms with E-state index in [1.165, 1.54) is 0 Å². The molecule has 0 atom stereocenters. The zero-order valence-electron chi connectivity index (χ0n) is 12.8. The van der Waals surface area contributed by atoms with Gasteiger partial charge in [-0.15, -0.1) is 0 Å². The Balaban J connectivity index is 1.99. The van der Waals surface area contributed by atoms with Crippen molar-refractivity contribution in [2.45, 2.75) is 20.3 Å². The summed E-state index contributed by atoms with van der Waals surface area (Å²) < 4.78 is 1.87. The fraction of sp³-hybridized carbons (Fsp3) is 0.375. The summed E-state index contributed by atoms with van der Waals surface area (Å²) in [4.78, 5) is 16.1. The first-order valence-electron chi connectivity index (χ1n) is 7.20. The summed E-state index contributed by atoms with van der Waals surface area (Å²) >= 11 is 0. The molecular formula is C16H22N4O. The summed E-state index contributed by atoms with van der Waals surface area (Å²) in [5, 5.41) is 5.61. The second-order valence-corrected chi connectivity index (χ2v) is 5.46. The second kappa shape index (κ2) is 6.92. The lowest BCUT2D eigenvalue weighted by Gasteiger charge is -2.09. The Morgan fingerprint density at radius 2 is 2.00 bits per heavy atom. The molecule has 0 unspecified atom stereocenters. The molecule has 2 amide bonds. The molecule has 1 aromatic carbocycles. The number of carbonyl (C=O) groups is 1. The average molecular weight is 286 g/mol. The standard InChI is InChI=1S/C16H22N4O/c1-12(2)9-10-17-16(21)19-15-18-11-14(20(15)3)13-7-5-4-6-8-13/h4-8,11-12H,9-10H2,1-3H3,(H2,17,18,19,21). The Labute approximate surface area is 125 Å². The van der Waals surface area contributed by atoms with Crippen molar-refractivity contribution in [1.82, 2.24) is 14.9 Å². The number of imidazole rings is 1. The maximum atomic E-state index is 11.8. The van der Waals surface area contributed by atoms with Gasteiger partial charge in [0.05, 0.1) is 11.9 Å². The molecule has 1 aromatic heterocycles. The summed E-state index contributed by atoms with van der Waals surface area (Å²) in [6, 6.07) is 9.75. The Morgan fingerprint density at radius 3 is 2.67 bits per heavy atom. The van der Waals surface area contributed by atoms with Crippen LogP contribution in [0.25, 0.3) is 11.3 Å². The minimum Gasteiger partial charge on any atom is -0.338 e. The molecule has 1 heterocycles. The van der Waals surface area contributed by atoms with Crippen LogP contribution in [0.3, 0.4) is 0 Å². The van der Waals surface area contributed by atoms with E-state index in [1.54, 1.807) is 6.20 Å². The lowest BCUT2D eigenvalue weighted by atomic mass is 10.1. The zero-order chi connectivity index (χ0) is 15.2. The van der Waals surface area contributed by atoms with Crippen LogP contribution in [0, 0.1) is 5.92 Å². The highest BCUT2D eigenvalue weighted by Crippen LogP contribution is 2.21. The van der Waals surface area contributed by atoms with Crippen molar-refractivity contribution in [2.75, 3.05) is 11.9 Å². The molecule has 0 fully saturated rings. The van der Waals surface area contributed by atoms with E-state index in [-0.39, 0.29) is 6.03 Å². The van der Waals surface area contributed by atoms with Crippen molar-refractivity contribution in [1.29, 1.82) is 0 Å². The van der Waals surface area contributed by atoms with Crippen molar-refractivity contribution in [3.63, 3.8) is 0 Å². The van der Waals surface area contributed by atoms with Gasteiger partial charge in [0.15, 0.2) is 0 Å². The van der Waals surface area contributed by atoms with Gasteiger partial charge in [-0.1, -0.05) is 44.2 Å². The molecule has 0 aliphatic heterocycles. The molecule has 0 saturated carbocycles. The van der Waals surface area contributed by atoms with Gasteiger partial charge in [-0.05, 0) is 17.9 Å². The molecule has 0 radical (unpaired) electrons. The van der Waals surface area contributed by atoms with Crippen molar-refractivity contribution < 1.29 is 4.79 Å². The molecule has 0 saturated heterocycles. The highest BCUT2D eigenvalue weighted by Gasteiger charge is 2.10. The summed E-state index contributed by atoms with van der Waals surface area (Å²) in [6.45, 7) is 4.93. The van der Waals surface area contributed by atoms with Crippen LogP contribution in [-0.2, 0) is 7.05 Å². The number of hydrogen-bond donors (Lipinski definition) is 2. The van der Waals surface area contributed by atoms with E-state index >= 15 is 0 Å². The number of benzene rings is 1. The fourth-order valence-electron chi connectivity index (χ4n) is 2.02. The molecule has 2 rings (SSSR count). The van der Waals surface area contributed by atoms with Crippen LogP contribution in [0.5, 0.6) is 0 Å². The maximum Gasteiger partial charge on any atom is 0.321 e. The Morgan fingerprint density at radius 1 is 1.29 bits per heavy atom. The van der Waals surface area contributed by atoms with Gasteiger partial charge >= 0.3 is 6.03 Å². The first-order chi connectivity index (χ1) is 10.1. The number of nitrogens with one attached hydrogen (secondary N) is 2. The Hall–Kier alpha value is -2.30. The predicted molar refractivity (Wildman–Crippen MR) is 85.1 cm³/mol. The molecule has 112 valence electrons. The van der Waals surface area contributed by atoms with Crippen molar-refractivity contribution >= 4 is 12.0 Å². The second-order valence-electron chi connectivity index (χ2n) is 5.46. The SMILES string of the molecule is CC(C)CCNC(=O)Nc1ncc(-c2ccccc2)n1C. The normalized spacial score (nSPS) is 10.7. The maximum absolute atomic E-state index is 11.8. The minimum atomic E-state index is -0.219. The highest BCUT2D eigenvalue weighted by atomic mass is 16.2. The number of urea groups is 1. The number of aromatic nitrogens is 2. The largest absolute Gasteiger partial charge is 0.338 e. The third-order valence-corrected chi connectivity index (χ3v) is 3.29. The number of nitrogens with zero attached hydrogens (tertiary/aromatic N) is 2. The quantitative estimate of drug-likeness (QED) is 0.886. The molecule has 0 aliphatic carbocycles. The van der Waals surface area contributed by atoms with Crippen molar-refractivity contribution in [3.8, 4) is 11.3 Å². The van der Waals surface area contributed by atoms with Gasteiger partial charge in [0.2, 0.25) is 5.95 Å². The molecule has 21 heavy (non-hydrogen) atoms. The molecule has 5 nitrogen and oxygen atoms in total. The van der Waals surface area contributed by atoms with Crippen LogP contribution in [0.1, 0.15) is 20.3 Å². The number of carbonyl (C=O) groups excluding carboxylic acids is 1. The number of anilines is 1. The molecular weight excluding hydrogens is 264 g/mol. The zero-order valence-corrected chi connectivity index (χ0v) is 12.8. The summed E-state index contributed by atoms with van der Waals surface area (Å²) in [6.07, 6.45) is 2.72. The predicted octanol–water partition coefficient (Wildman–Crippen LogP) is 3.25. The molecule has 0 bridgehead atoms. The third-order valence-electron chi connectivity index (χ3n) is 3.29. The lowest BCUT2D eigenvalue weighted by molar-refractivity contribution is 0.251. The Bertz CT molecular complexity index is 590. The van der Waals surface area contributed by atoms with Gasteiger partial charge in [0.1, 0.15) is 0 Å². The first kappa shape index (κ1) is 15.1. The van der Waals surface area contributed by atoms with Crippen LogP contribution in [0.4, 0.5) is 10.7 Å². The third kappa shape index (κ3) is 4.08. The van der Waals surface area contributed by atoms with Crippen molar-refractivity contribution in [3.05, 3.63) is 36.5 Å². The van der Waals surface area contributed by atoms with Crippen LogP contribution in [-0.4, -0.2) is 22.1 Å². The molecule has 0 aliphatic rings. The number of rotatable bonds is 5. The van der Waals surface area contributed by atoms with Crippen LogP contribution >= 0.6 is 0 Å². The van der Waals surface area contributed by atoms with E-state index in [4.69, 9.17) is 0 Å². The van der Waals surface area contributed by atoms with E-state index in [0.29, 0.717) is 18.4 Å². The molecule has 2 N–H and O–H groups in total. The van der Waals surface area contributed by atoms with E-state index in [1.807, 2.05) is 41.9 Å². The van der Waals surface area contributed by atoms with Crippen molar-refractivity contribution in [2.24, 2.45) is 13.0 Å². The van der Waals surface area contributed by atoms with Gasteiger partial charge in [0.25, 0.3) is 0 Å². The smallest absolute Gasteiger partial charge is 0.321 e. The topological polar surface area (TPSA) is 59.0 Å². The van der Waals surface area contributed by atoms with Crippen LogP contribution in [0.2, 0.25) is 0 Å². The molecule has 2 aromatic rings. The summed E-state index contributed by atoms with van der Waals surface area (Å²) in [5.74, 6) is 1.11. The van der Waals surface area contributed by atoms with E-state index in [9.17, 15) is 4.79 Å². The lowest BCUT2D eigenvalue weighted by Crippen LogP contribution is -2.31. The first-order valence-corrected chi connectivity index (χ1v) is 7.20. The van der Waals surface area contributed by atoms with E-state index in [0.717, 1.165) is 17.7 Å². The molecule has 5 heteroatoms. The van der Waals surface area contributed by atoms with Gasteiger partial charge in [-0.25, -0.2) is 9.78 Å². The number of amides is 2. The monoisotopic (exact) mass is 286 g/mol. The van der Waals surface area contributed by atoms with Crippen LogP contribution < -0.4 is 10.6 Å². The minimum absolute atomic E-state index is 0.219. The fourth-order valence-corrected chi connectivity index (χ4v) is 2.02. The highest BCUT2D eigenvalue weighted by molar-refractivity contribution is 5.87. The van der Waals surface area contributed by atoms with Gasteiger partial charge in [-0.2, -0.15) is 0 Å². The van der Waals surface area contributed by atoms with E-state index in [2.05, 4.69) is 29.5 Å². The number of hydrogen-bond acceptors (Lipinski definition) is 2. The molecule has 0 spiro atoms. The Kier molecular flexibility index (Phi) is 4.98. The average Bonchev–Trinajstić information content (AvgIpc) is 2.81.